The molecule has 0 radical (unpaired) electrons. The van der Waals surface area contributed by atoms with Crippen LogP contribution in [0.4, 0.5) is 0 Å². The van der Waals surface area contributed by atoms with Crippen LogP contribution in [0, 0.1) is 0 Å². The number of benzene rings is 1. The summed E-state index contributed by atoms with van der Waals surface area (Å²) in [6.07, 6.45) is 0.414. The maximum Gasteiger partial charge on any atom is 0.266 e. The Morgan fingerprint density at radius 1 is 0.822 bits per heavy atom. The van der Waals surface area contributed by atoms with Crippen molar-refractivity contribution < 1.29 is 57.2 Å². The van der Waals surface area contributed by atoms with Gasteiger partial charge in [0.2, 0.25) is 11.8 Å². The standard InChI is InChI=1S/C29H42N4O12/c1-21(35)31-7-10-40-12-14-42-16-18-44-19-17-43-15-13-41-11-8-32-25(36)20-45-24-6-2-4-22-26(24)29(39)33(28(22)38)23(27(30)37)5-3-9-34/h2,4,6,9,23H,3,5,7-8,10-20H2,1H3,(H2,30,37)(H,31,35)(H,32,36). The Hall–Kier alpha value is -3.96. The third kappa shape index (κ3) is 13.7. The van der Waals surface area contributed by atoms with E-state index < -0.39 is 36.3 Å². The summed E-state index contributed by atoms with van der Waals surface area (Å²) < 4.78 is 32.4. The van der Waals surface area contributed by atoms with Crippen LogP contribution >= 0.6 is 0 Å². The predicted molar refractivity (Wildman–Crippen MR) is 157 cm³/mol. The van der Waals surface area contributed by atoms with Gasteiger partial charge in [0.05, 0.1) is 77.2 Å². The van der Waals surface area contributed by atoms with Gasteiger partial charge >= 0.3 is 0 Å². The second-order valence-electron chi connectivity index (χ2n) is 9.50. The molecule has 1 atom stereocenters. The summed E-state index contributed by atoms with van der Waals surface area (Å²) in [5.41, 5.74) is 5.31. The van der Waals surface area contributed by atoms with E-state index in [-0.39, 0.29) is 48.8 Å². The summed E-state index contributed by atoms with van der Waals surface area (Å²) in [6, 6.07) is 3.05. The third-order valence-corrected chi connectivity index (χ3v) is 6.14. The van der Waals surface area contributed by atoms with Crippen molar-refractivity contribution in [1.29, 1.82) is 0 Å². The number of primary amides is 1. The first kappa shape index (κ1) is 37.2. The Kier molecular flexibility index (Phi) is 17.9. The van der Waals surface area contributed by atoms with Crippen LogP contribution in [-0.4, -0.2) is 133 Å². The lowest BCUT2D eigenvalue weighted by molar-refractivity contribution is -0.123. The molecule has 250 valence electrons. The zero-order valence-corrected chi connectivity index (χ0v) is 25.4. The molecule has 1 aliphatic rings. The van der Waals surface area contributed by atoms with Gasteiger partial charge in [-0.25, -0.2) is 0 Å². The number of imide groups is 1. The van der Waals surface area contributed by atoms with Gasteiger partial charge in [0, 0.05) is 26.4 Å². The zero-order valence-electron chi connectivity index (χ0n) is 25.4. The molecule has 16 nitrogen and oxygen atoms in total. The second kappa shape index (κ2) is 21.7. The first-order chi connectivity index (χ1) is 21.8. The summed E-state index contributed by atoms with van der Waals surface area (Å²) in [7, 11) is 0. The molecule has 0 bridgehead atoms. The Morgan fingerprint density at radius 3 is 1.87 bits per heavy atom. The highest BCUT2D eigenvalue weighted by Gasteiger charge is 2.43. The van der Waals surface area contributed by atoms with Crippen LogP contribution in [-0.2, 0) is 42.9 Å². The Labute approximate surface area is 261 Å². The molecule has 0 aromatic heterocycles. The number of aldehydes is 1. The van der Waals surface area contributed by atoms with E-state index >= 15 is 0 Å². The Balaban J connectivity index is 1.51. The average molecular weight is 639 g/mol. The fourth-order valence-corrected chi connectivity index (χ4v) is 4.04. The summed E-state index contributed by atoms with van der Waals surface area (Å²) in [5, 5.41) is 5.25. The van der Waals surface area contributed by atoms with E-state index in [0.29, 0.717) is 72.3 Å². The van der Waals surface area contributed by atoms with E-state index in [2.05, 4.69) is 10.6 Å². The van der Waals surface area contributed by atoms with Crippen LogP contribution < -0.4 is 21.1 Å². The van der Waals surface area contributed by atoms with Crippen LogP contribution in [0.15, 0.2) is 18.2 Å². The minimum Gasteiger partial charge on any atom is -0.483 e. The minimum atomic E-state index is -1.28. The van der Waals surface area contributed by atoms with Crippen molar-refractivity contribution in [2.24, 2.45) is 5.73 Å². The maximum absolute atomic E-state index is 13.0. The van der Waals surface area contributed by atoms with E-state index in [1.807, 2.05) is 0 Å². The Bertz CT molecular complexity index is 1130. The lowest BCUT2D eigenvalue weighted by Crippen LogP contribution is -2.47. The lowest BCUT2D eigenvalue weighted by Gasteiger charge is -2.22. The van der Waals surface area contributed by atoms with Gasteiger partial charge in [0.1, 0.15) is 18.1 Å². The zero-order chi connectivity index (χ0) is 32.9. The number of nitrogens with two attached hydrogens (primary N) is 1. The number of nitrogens with zero attached hydrogens (tertiary/aromatic N) is 1. The van der Waals surface area contributed by atoms with Crippen LogP contribution in [0.2, 0.25) is 0 Å². The molecular weight excluding hydrogens is 596 g/mol. The molecule has 1 unspecified atom stereocenters. The quantitative estimate of drug-likeness (QED) is 0.0623. The number of nitrogens with one attached hydrogen (secondary N) is 2. The molecule has 1 aliphatic heterocycles. The first-order valence-corrected chi connectivity index (χ1v) is 14.5. The summed E-state index contributed by atoms with van der Waals surface area (Å²) in [4.78, 5) is 72.2. The summed E-state index contributed by atoms with van der Waals surface area (Å²) in [5.74, 6) is -2.98. The van der Waals surface area contributed by atoms with Crippen molar-refractivity contribution in [1.82, 2.24) is 15.5 Å². The van der Waals surface area contributed by atoms with Gasteiger partial charge < -0.3 is 49.6 Å². The number of rotatable bonds is 26. The van der Waals surface area contributed by atoms with E-state index in [1.165, 1.54) is 25.1 Å². The van der Waals surface area contributed by atoms with Crippen LogP contribution in [0.1, 0.15) is 40.5 Å². The van der Waals surface area contributed by atoms with E-state index in [4.69, 9.17) is 34.2 Å². The lowest BCUT2D eigenvalue weighted by atomic mass is 10.1. The SMILES string of the molecule is CC(=O)NCCOCCOCCOCCOCCOCCNC(=O)COc1cccc2c1C(=O)N(C(CCC=O)C(N)=O)C2=O. The number of ether oxygens (including phenoxy) is 6. The van der Waals surface area contributed by atoms with Gasteiger partial charge in [-0.05, 0) is 18.6 Å². The fraction of sp³-hybridized carbons (Fsp3) is 0.586. The molecule has 16 heteroatoms. The number of fused-ring (bicyclic) bond motifs is 1. The van der Waals surface area contributed by atoms with Gasteiger partial charge in [0.15, 0.2) is 6.61 Å². The van der Waals surface area contributed by atoms with E-state index in [9.17, 15) is 28.8 Å². The van der Waals surface area contributed by atoms with Crippen molar-refractivity contribution >= 4 is 35.8 Å². The molecule has 0 saturated heterocycles. The van der Waals surface area contributed by atoms with Gasteiger partial charge in [0.25, 0.3) is 17.7 Å². The molecule has 4 N–H and O–H groups in total. The molecule has 0 aliphatic carbocycles. The average Bonchev–Trinajstić information content (AvgIpc) is 3.26. The van der Waals surface area contributed by atoms with E-state index in [0.717, 1.165) is 4.90 Å². The molecule has 1 heterocycles. The maximum atomic E-state index is 13.0. The van der Waals surface area contributed by atoms with Crippen molar-refractivity contribution in [3.8, 4) is 5.75 Å². The molecular formula is C29H42N4O12. The summed E-state index contributed by atoms with van der Waals surface area (Å²) >= 11 is 0. The largest absolute Gasteiger partial charge is 0.483 e. The molecule has 45 heavy (non-hydrogen) atoms. The third-order valence-electron chi connectivity index (χ3n) is 6.14. The first-order valence-electron chi connectivity index (χ1n) is 14.5. The van der Waals surface area contributed by atoms with Gasteiger partial charge in [-0.2, -0.15) is 0 Å². The molecule has 5 amide bonds. The molecule has 0 spiro atoms. The van der Waals surface area contributed by atoms with Crippen LogP contribution in [0.5, 0.6) is 5.75 Å². The molecule has 0 saturated carbocycles. The number of carbonyl (C=O) groups is 6. The monoisotopic (exact) mass is 638 g/mol. The van der Waals surface area contributed by atoms with Crippen molar-refractivity contribution in [2.75, 3.05) is 85.8 Å². The van der Waals surface area contributed by atoms with Gasteiger partial charge in [-0.1, -0.05) is 6.07 Å². The molecule has 2 rings (SSSR count). The fourth-order valence-electron chi connectivity index (χ4n) is 4.04. The van der Waals surface area contributed by atoms with E-state index in [1.54, 1.807) is 0 Å². The topological polar surface area (TPSA) is 211 Å². The van der Waals surface area contributed by atoms with Crippen molar-refractivity contribution in [3.63, 3.8) is 0 Å². The molecule has 0 fully saturated rings. The number of hydrogen-bond acceptors (Lipinski definition) is 12. The highest BCUT2D eigenvalue weighted by atomic mass is 16.6. The second-order valence-corrected chi connectivity index (χ2v) is 9.50. The van der Waals surface area contributed by atoms with Gasteiger partial charge in [-0.3, -0.25) is 28.9 Å². The smallest absolute Gasteiger partial charge is 0.266 e. The number of hydrogen-bond donors (Lipinski definition) is 3. The van der Waals surface area contributed by atoms with Crippen molar-refractivity contribution in [2.45, 2.75) is 25.8 Å². The number of amides is 5. The van der Waals surface area contributed by atoms with Crippen LogP contribution in [0.3, 0.4) is 0 Å². The predicted octanol–water partition coefficient (Wildman–Crippen LogP) is -1.17. The van der Waals surface area contributed by atoms with Gasteiger partial charge in [-0.15, -0.1) is 0 Å². The normalized spacial score (nSPS) is 13.0. The van der Waals surface area contributed by atoms with Crippen molar-refractivity contribution in [3.05, 3.63) is 29.3 Å². The van der Waals surface area contributed by atoms with Crippen LogP contribution in [0.25, 0.3) is 0 Å². The Morgan fingerprint density at radius 2 is 1.36 bits per heavy atom. The molecule has 1 aromatic rings. The molecule has 1 aromatic carbocycles. The highest BCUT2D eigenvalue weighted by molar-refractivity contribution is 6.24. The highest BCUT2D eigenvalue weighted by Crippen LogP contribution is 2.32. The number of carbonyl (C=O) groups excluding carboxylic acids is 6. The summed E-state index contributed by atoms with van der Waals surface area (Å²) in [6.45, 7) is 5.56. The minimum absolute atomic E-state index is 0.00760.